The van der Waals surface area contributed by atoms with Crippen LogP contribution in [0.4, 0.5) is 17.6 Å². The Balaban J connectivity index is 1.50. The highest BCUT2D eigenvalue weighted by Crippen LogP contribution is 2.43. The average Bonchev–Trinajstić information content (AvgIpc) is 3.11. The van der Waals surface area contributed by atoms with Gasteiger partial charge in [0.05, 0.1) is 12.1 Å². The highest BCUT2D eigenvalue weighted by Gasteiger charge is 2.44. The summed E-state index contributed by atoms with van der Waals surface area (Å²) in [6.07, 6.45) is -4.08. The lowest BCUT2D eigenvalue weighted by atomic mass is 9.83. The number of carbonyl (C=O) groups is 1. The predicted molar refractivity (Wildman–Crippen MR) is 96.9 cm³/mol. The van der Waals surface area contributed by atoms with Gasteiger partial charge in [-0.05, 0) is 30.2 Å². The van der Waals surface area contributed by atoms with Crippen molar-refractivity contribution in [1.82, 2.24) is 10.2 Å². The van der Waals surface area contributed by atoms with E-state index in [4.69, 9.17) is 0 Å². The molecule has 0 spiro atoms. The van der Waals surface area contributed by atoms with Crippen molar-refractivity contribution < 1.29 is 22.4 Å². The molecule has 0 radical (unpaired) electrons. The van der Waals surface area contributed by atoms with Gasteiger partial charge in [0, 0.05) is 38.0 Å². The molecule has 1 amide bonds. The summed E-state index contributed by atoms with van der Waals surface area (Å²) >= 11 is 0. The van der Waals surface area contributed by atoms with Crippen molar-refractivity contribution in [2.24, 2.45) is 4.99 Å². The lowest BCUT2D eigenvalue weighted by molar-refractivity contribution is -0.140. The zero-order valence-corrected chi connectivity index (χ0v) is 15.3. The number of hydrogen-bond acceptors (Lipinski definition) is 3. The fourth-order valence-corrected chi connectivity index (χ4v) is 4.23. The van der Waals surface area contributed by atoms with Gasteiger partial charge in [-0.2, -0.15) is 13.2 Å². The number of amides is 1. The number of hydrogen-bond donors (Lipinski definition) is 1. The molecule has 1 aromatic rings. The molecule has 0 aliphatic carbocycles. The Hall–Kier alpha value is -2.22. The van der Waals surface area contributed by atoms with Crippen molar-refractivity contribution in [3.05, 3.63) is 46.5 Å². The van der Waals surface area contributed by atoms with Gasteiger partial charge in [-0.1, -0.05) is 18.2 Å². The van der Waals surface area contributed by atoms with E-state index in [1.807, 2.05) is 0 Å². The molecule has 1 fully saturated rings. The summed E-state index contributed by atoms with van der Waals surface area (Å²) in [6.45, 7) is 2.12. The molecule has 0 saturated carbocycles. The van der Waals surface area contributed by atoms with Crippen LogP contribution in [0.3, 0.4) is 0 Å². The first-order valence-corrected chi connectivity index (χ1v) is 9.41. The van der Waals surface area contributed by atoms with E-state index in [0.29, 0.717) is 18.8 Å². The van der Waals surface area contributed by atoms with Crippen LogP contribution in [0.25, 0.3) is 0 Å². The average molecular weight is 395 g/mol. The van der Waals surface area contributed by atoms with Crippen molar-refractivity contribution in [3.8, 4) is 0 Å². The molecular weight excluding hydrogens is 374 g/mol. The number of halogens is 4. The molecule has 1 N–H and O–H groups in total. The fraction of sp³-hybridized carbons (Fsp3) is 0.500. The molecule has 1 saturated heterocycles. The van der Waals surface area contributed by atoms with Crippen LogP contribution in [0.1, 0.15) is 30.4 Å². The third-order valence-corrected chi connectivity index (χ3v) is 5.81. The maximum atomic E-state index is 15.5. The van der Waals surface area contributed by atoms with Crippen LogP contribution < -0.4 is 5.32 Å². The minimum absolute atomic E-state index is 0.0661. The molecule has 28 heavy (non-hydrogen) atoms. The molecule has 150 valence electrons. The molecule has 0 aromatic heterocycles. The first kappa shape index (κ1) is 19.1. The highest BCUT2D eigenvalue weighted by atomic mass is 19.4. The second-order valence-corrected chi connectivity index (χ2v) is 7.47. The van der Waals surface area contributed by atoms with E-state index >= 15 is 4.39 Å². The quantitative estimate of drug-likeness (QED) is 0.782. The Morgan fingerprint density at radius 3 is 2.61 bits per heavy atom. The van der Waals surface area contributed by atoms with Crippen molar-refractivity contribution >= 4 is 11.6 Å². The molecule has 0 bridgehead atoms. The number of alkyl halides is 4. The Labute approximate surface area is 160 Å². The summed E-state index contributed by atoms with van der Waals surface area (Å²) in [6, 6.07) is 4.79. The summed E-state index contributed by atoms with van der Waals surface area (Å²) in [5.74, 6) is -0.250. The maximum Gasteiger partial charge on any atom is 0.416 e. The second-order valence-electron chi connectivity index (χ2n) is 7.47. The number of rotatable bonds is 2. The first-order valence-electron chi connectivity index (χ1n) is 9.41. The van der Waals surface area contributed by atoms with Gasteiger partial charge in [-0.25, -0.2) is 4.39 Å². The molecule has 3 aliphatic rings. The molecule has 3 heterocycles. The summed E-state index contributed by atoms with van der Waals surface area (Å²) in [5, 5.41) is 3.22. The van der Waals surface area contributed by atoms with Crippen LogP contribution in [0.5, 0.6) is 0 Å². The van der Waals surface area contributed by atoms with Gasteiger partial charge in [-0.3, -0.25) is 9.79 Å². The molecule has 4 rings (SSSR count). The molecule has 1 aromatic carbocycles. The Morgan fingerprint density at radius 2 is 1.89 bits per heavy atom. The Kier molecular flexibility index (Phi) is 4.77. The van der Waals surface area contributed by atoms with Crippen molar-refractivity contribution in [2.75, 3.05) is 32.7 Å². The number of nitrogens with zero attached hydrogens (tertiary/aromatic N) is 2. The topological polar surface area (TPSA) is 44.7 Å². The van der Waals surface area contributed by atoms with Crippen LogP contribution in [0.2, 0.25) is 0 Å². The van der Waals surface area contributed by atoms with E-state index in [2.05, 4.69) is 10.3 Å². The number of carbonyl (C=O) groups excluding carboxylic acids is 1. The number of likely N-dealkylation sites (tertiary alicyclic amines) is 1. The lowest BCUT2D eigenvalue weighted by Crippen LogP contribution is -2.47. The van der Waals surface area contributed by atoms with Crippen LogP contribution in [-0.4, -0.2) is 49.2 Å². The molecule has 8 heteroatoms. The van der Waals surface area contributed by atoms with Crippen LogP contribution in [-0.2, 0) is 16.6 Å². The summed E-state index contributed by atoms with van der Waals surface area (Å²) < 4.78 is 55.3. The Morgan fingerprint density at radius 1 is 1.18 bits per heavy atom. The number of aliphatic imine (C=N–C) groups is 1. The molecule has 3 aliphatic heterocycles. The van der Waals surface area contributed by atoms with E-state index in [0.717, 1.165) is 30.2 Å². The minimum atomic E-state index is -4.61. The van der Waals surface area contributed by atoms with Gasteiger partial charge in [0.2, 0.25) is 0 Å². The lowest BCUT2D eigenvalue weighted by Gasteiger charge is -2.38. The molecule has 0 atom stereocenters. The summed E-state index contributed by atoms with van der Waals surface area (Å²) in [4.78, 5) is 18.7. The standard InChI is InChI=1S/C20H21F4N3O/c21-19(15-3-1-2-4-16(15)20(22,23)24)6-9-27(10-7-19)18(28)17-14-12-25-8-5-13(14)11-26-17/h1-4,25H,5-12H2. The van der Waals surface area contributed by atoms with E-state index in [1.54, 1.807) is 0 Å². The maximum absolute atomic E-state index is 15.5. The number of benzene rings is 1. The predicted octanol–water partition coefficient (Wildman–Crippen LogP) is 3.24. The van der Waals surface area contributed by atoms with E-state index in [9.17, 15) is 18.0 Å². The van der Waals surface area contributed by atoms with E-state index < -0.39 is 17.4 Å². The normalized spacial score (nSPS) is 22.1. The monoisotopic (exact) mass is 395 g/mol. The van der Waals surface area contributed by atoms with Crippen molar-refractivity contribution in [1.29, 1.82) is 0 Å². The number of nitrogens with one attached hydrogen (secondary N) is 1. The van der Waals surface area contributed by atoms with Gasteiger partial charge in [-0.15, -0.1) is 0 Å². The largest absolute Gasteiger partial charge is 0.416 e. The summed E-state index contributed by atoms with van der Waals surface area (Å²) in [7, 11) is 0. The van der Waals surface area contributed by atoms with Gasteiger partial charge in [0.25, 0.3) is 5.91 Å². The SMILES string of the molecule is O=C(C1=NCC2=C1CNCC2)N1CCC(F)(c2ccccc2C(F)(F)F)CC1. The third-order valence-electron chi connectivity index (χ3n) is 5.81. The van der Waals surface area contributed by atoms with Crippen LogP contribution in [0.15, 0.2) is 40.4 Å². The van der Waals surface area contributed by atoms with Crippen molar-refractivity contribution in [3.63, 3.8) is 0 Å². The fourth-order valence-electron chi connectivity index (χ4n) is 4.23. The first-order chi connectivity index (χ1) is 13.3. The van der Waals surface area contributed by atoms with Gasteiger partial charge in [0.15, 0.2) is 0 Å². The zero-order chi connectivity index (χ0) is 19.9. The van der Waals surface area contributed by atoms with E-state index in [1.165, 1.54) is 23.1 Å². The number of piperidine rings is 1. The van der Waals surface area contributed by atoms with Gasteiger partial charge < -0.3 is 10.2 Å². The smallest absolute Gasteiger partial charge is 0.337 e. The van der Waals surface area contributed by atoms with Crippen LogP contribution >= 0.6 is 0 Å². The van der Waals surface area contributed by atoms with Gasteiger partial charge in [0.1, 0.15) is 11.4 Å². The third kappa shape index (κ3) is 3.34. The minimum Gasteiger partial charge on any atom is -0.337 e. The highest BCUT2D eigenvalue weighted by molar-refractivity contribution is 6.46. The van der Waals surface area contributed by atoms with Crippen LogP contribution in [0, 0.1) is 0 Å². The van der Waals surface area contributed by atoms with Crippen molar-refractivity contribution in [2.45, 2.75) is 31.1 Å². The Bertz CT molecular complexity index is 851. The molecular formula is C20H21F4N3O. The second kappa shape index (κ2) is 6.99. The molecule has 4 nitrogen and oxygen atoms in total. The van der Waals surface area contributed by atoms with Gasteiger partial charge >= 0.3 is 6.18 Å². The summed E-state index contributed by atoms with van der Waals surface area (Å²) in [5.41, 5.74) is -0.871. The molecule has 0 unspecified atom stereocenters. The van der Waals surface area contributed by atoms with E-state index in [-0.39, 0.29) is 37.4 Å². The zero-order valence-electron chi connectivity index (χ0n) is 15.3.